The van der Waals surface area contributed by atoms with Crippen molar-refractivity contribution in [2.24, 2.45) is 4.99 Å². The first kappa shape index (κ1) is 28.2. The largest absolute Gasteiger partial charge is 0.497 e. The number of halogens is 1. The van der Waals surface area contributed by atoms with Crippen molar-refractivity contribution in [1.29, 1.82) is 0 Å². The second kappa shape index (κ2) is 12.1. The fraction of sp³-hybridized carbons (Fsp3) is 0.0857. The topological polar surface area (TPSA) is 91.5 Å². The van der Waals surface area contributed by atoms with Crippen molar-refractivity contribution >= 4 is 11.8 Å². The number of aliphatic imine (C=N–C) groups is 1. The highest BCUT2D eigenvalue weighted by Crippen LogP contribution is 2.46. The monoisotopic (exact) mass is 583 g/mol. The zero-order chi connectivity index (χ0) is 30.5. The van der Waals surface area contributed by atoms with Crippen LogP contribution >= 0.6 is 0 Å². The first-order valence-electron chi connectivity index (χ1n) is 13.7. The van der Waals surface area contributed by atoms with E-state index in [0.717, 1.165) is 22.8 Å². The lowest BCUT2D eigenvalue weighted by Crippen LogP contribution is -2.39. The Morgan fingerprint density at radius 2 is 1.30 bits per heavy atom. The van der Waals surface area contributed by atoms with Crippen LogP contribution in [0.15, 0.2) is 126 Å². The molecular formula is C35H26FN5O3. The van der Waals surface area contributed by atoms with Crippen molar-refractivity contribution in [2.45, 2.75) is 5.54 Å². The minimum Gasteiger partial charge on any atom is -0.497 e. The van der Waals surface area contributed by atoms with Gasteiger partial charge in [0, 0.05) is 11.6 Å². The van der Waals surface area contributed by atoms with Crippen molar-refractivity contribution in [3.63, 3.8) is 0 Å². The number of hydrogen-bond acceptors (Lipinski definition) is 7. The molecule has 0 atom stereocenters. The summed E-state index contributed by atoms with van der Waals surface area (Å²) in [7, 11) is 2.96. The Balaban J connectivity index is 1.68. The maximum Gasteiger partial charge on any atom is 0.240 e. The van der Waals surface area contributed by atoms with Gasteiger partial charge >= 0.3 is 0 Å². The number of benzene rings is 5. The molecule has 0 aliphatic carbocycles. The Morgan fingerprint density at radius 3 is 1.77 bits per heavy atom. The Hall–Kier alpha value is -5.92. The molecule has 0 radical (unpaired) electrons. The minimum atomic E-state index is -1.06. The van der Waals surface area contributed by atoms with E-state index in [-0.39, 0.29) is 28.4 Å². The average molecular weight is 584 g/mol. The van der Waals surface area contributed by atoms with Gasteiger partial charge in [-0.2, -0.15) is 4.99 Å². The molecule has 44 heavy (non-hydrogen) atoms. The molecule has 1 aromatic heterocycles. The van der Waals surface area contributed by atoms with Crippen LogP contribution in [0.4, 0.5) is 10.1 Å². The Bertz CT molecular complexity index is 1840. The molecule has 0 spiro atoms. The van der Waals surface area contributed by atoms with E-state index < -0.39 is 11.4 Å². The third kappa shape index (κ3) is 4.81. The predicted octanol–water partition coefficient (Wildman–Crippen LogP) is 6.97. The molecule has 0 aliphatic rings. The Morgan fingerprint density at radius 1 is 0.750 bits per heavy atom. The summed E-state index contributed by atoms with van der Waals surface area (Å²) in [4.78, 5) is 16.5. The van der Waals surface area contributed by atoms with Crippen LogP contribution in [-0.2, 0) is 10.3 Å². The lowest BCUT2D eigenvalue weighted by molar-refractivity contribution is 0.395. The van der Waals surface area contributed by atoms with Crippen LogP contribution < -0.4 is 9.47 Å². The van der Waals surface area contributed by atoms with Gasteiger partial charge in [-0.15, -0.1) is 15.0 Å². The molecule has 0 saturated heterocycles. The molecule has 0 amide bonds. The van der Waals surface area contributed by atoms with E-state index in [9.17, 15) is 4.79 Å². The molecule has 0 N–H and O–H groups in total. The van der Waals surface area contributed by atoms with Crippen LogP contribution in [0.25, 0.3) is 22.5 Å². The van der Waals surface area contributed by atoms with E-state index in [1.807, 2.05) is 91.0 Å². The number of isocyanates is 1. The molecule has 5 aromatic carbocycles. The number of aromatic nitrogens is 4. The highest BCUT2D eigenvalue weighted by molar-refractivity contribution is 5.89. The fourth-order valence-electron chi connectivity index (χ4n) is 5.55. The summed E-state index contributed by atoms with van der Waals surface area (Å²) in [5.74, 6) is 0.121. The molecular weight excluding hydrogens is 557 g/mol. The Labute approximate surface area is 253 Å². The Kier molecular flexibility index (Phi) is 7.78. The third-order valence-corrected chi connectivity index (χ3v) is 7.47. The van der Waals surface area contributed by atoms with Gasteiger partial charge in [0.1, 0.15) is 17.3 Å². The SMILES string of the molecule is COc1ccc(-c2c(F)cc(N=C=O)c(OC)c2-c2nnn(C(c3ccccc3)(c3ccccc3)c3ccccc3)n2)cc1. The molecule has 6 aromatic rings. The number of ether oxygens (including phenoxy) is 2. The van der Waals surface area contributed by atoms with Gasteiger partial charge in [-0.05, 0) is 39.6 Å². The molecule has 0 aliphatic heterocycles. The number of carbonyl (C=O) groups excluding carboxylic acids is 1. The maximum atomic E-state index is 16.0. The first-order chi connectivity index (χ1) is 21.6. The molecule has 0 saturated carbocycles. The van der Waals surface area contributed by atoms with E-state index in [1.54, 1.807) is 31.4 Å². The summed E-state index contributed by atoms with van der Waals surface area (Å²) in [6.45, 7) is 0. The molecule has 6 rings (SSSR count). The standard InChI is InChI=1S/C35H26FN5O3/c1-43-28-20-18-24(19-21-28)31-29(36)22-30(37-23-42)33(44-2)32(31)34-38-40-41(39-34)35(25-12-6-3-7-13-25,26-14-8-4-9-15-26)27-16-10-5-11-17-27/h3-22H,1-2H3. The summed E-state index contributed by atoms with van der Waals surface area (Å²) < 4.78 is 27.0. The lowest BCUT2D eigenvalue weighted by Gasteiger charge is -2.34. The van der Waals surface area contributed by atoms with Crippen LogP contribution in [0.2, 0.25) is 0 Å². The van der Waals surface area contributed by atoms with Crippen LogP contribution in [0.3, 0.4) is 0 Å². The molecule has 216 valence electrons. The normalized spacial score (nSPS) is 11.1. The summed E-state index contributed by atoms with van der Waals surface area (Å²) in [6.07, 6.45) is 1.48. The second-order valence-electron chi connectivity index (χ2n) is 9.80. The van der Waals surface area contributed by atoms with Crippen LogP contribution in [0.5, 0.6) is 11.5 Å². The highest BCUT2D eigenvalue weighted by Gasteiger charge is 2.41. The zero-order valence-electron chi connectivity index (χ0n) is 23.9. The van der Waals surface area contributed by atoms with E-state index in [2.05, 4.69) is 15.3 Å². The van der Waals surface area contributed by atoms with E-state index in [4.69, 9.17) is 14.6 Å². The predicted molar refractivity (Wildman–Crippen MR) is 164 cm³/mol. The molecule has 1 heterocycles. The van der Waals surface area contributed by atoms with Gasteiger partial charge in [0.25, 0.3) is 0 Å². The van der Waals surface area contributed by atoms with Gasteiger partial charge in [0.2, 0.25) is 11.9 Å². The molecule has 9 heteroatoms. The summed E-state index contributed by atoms with van der Waals surface area (Å²) in [5.41, 5.74) is 2.39. The van der Waals surface area contributed by atoms with E-state index in [0.29, 0.717) is 11.3 Å². The first-order valence-corrected chi connectivity index (χ1v) is 13.7. The van der Waals surface area contributed by atoms with Gasteiger partial charge in [0.15, 0.2) is 11.3 Å². The second-order valence-corrected chi connectivity index (χ2v) is 9.80. The number of nitrogens with zero attached hydrogens (tertiary/aromatic N) is 5. The van der Waals surface area contributed by atoms with Gasteiger partial charge in [-0.1, -0.05) is 103 Å². The third-order valence-electron chi connectivity index (χ3n) is 7.47. The van der Waals surface area contributed by atoms with Crippen LogP contribution in [-0.4, -0.2) is 40.5 Å². The highest BCUT2D eigenvalue weighted by atomic mass is 19.1. The molecule has 0 fully saturated rings. The van der Waals surface area contributed by atoms with Crippen LogP contribution in [0, 0.1) is 5.82 Å². The maximum absolute atomic E-state index is 16.0. The van der Waals surface area contributed by atoms with E-state index in [1.165, 1.54) is 18.0 Å². The average Bonchev–Trinajstić information content (AvgIpc) is 3.57. The summed E-state index contributed by atoms with van der Waals surface area (Å²) in [6, 6.07) is 37.6. The van der Waals surface area contributed by atoms with Crippen molar-refractivity contribution < 1.29 is 18.7 Å². The lowest BCUT2D eigenvalue weighted by atomic mass is 9.77. The van der Waals surface area contributed by atoms with Crippen LogP contribution in [0.1, 0.15) is 16.7 Å². The molecule has 8 nitrogen and oxygen atoms in total. The van der Waals surface area contributed by atoms with Gasteiger partial charge < -0.3 is 9.47 Å². The number of hydrogen-bond donors (Lipinski definition) is 0. The van der Waals surface area contributed by atoms with Gasteiger partial charge in [-0.25, -0.2) is 9.18 Å². The van der Waals surface area contributed by atoms with Crippen molar-refractivity contribution in [3.05, 3.63) is 144 Å². The van der Waals surface area contributed by atoms with Crippen molar-refractivity contribution in [1.82, 2.24) is 20.2 Å². The zero-order valence-corrected chi connectivity index (χ0v) is 23.9. The van der Waals surface area contributed by atoms with Crippen molar-refractivity contribution in [3.8, 4) is 34.0 Å². The molecule has 0 unspecified atom stereocenters. The number of methoxy groups -OCH3 is 2. The van der Waals surface area contributed by atoms with Gasteiger partial charge in [-0.3, -0.25) is 0 Å². The molecule has 0 bridgehead atoms. The fourth-order valence-corrected chi connectivity index (χ4v) is 5.55. The minimum absolute atomic E-state index is 0.0518. The number of tetrazole rings is 1. The number of rotatable bonds is 9. The summed E-state index contributed by atoms with van der Waals surface area (Å²) in [5, 5.41) is 14.0. The quantitative estimate of drug-likeness (QED) is 0.104. The summed E-state index contributed by atoms with van der Waals surface area (Å²) >= 11 is 0. The van der Waals surface area contributed by atoms with Crippen molar-refractivity contribution in [2.75, 3.05) is 14.2 Å². The van der Waals surface area contributed by atoms with E-state index >= 15 is 4.39 Å². The van der Waals surface area contributed by atoms with Gasteiger partial charge in [0.05, 0.1) is 19.8 Å². The smallest absolute Gasteiger partial charge is 0.240 e.